The third-order valence-electron chi connectivity index (χ3n) is 4.42. The normalized spacial score (nSPS) is 14.0. The van der Waals surface area contributed by atoms with Crippen molar-refractivity contribution in [1.29, 1.82) is 0 Å². The molecule has 4 rings (SSSR count). The van der Waals surface area contributed by atoms with E-state index in [0.29, 0.717) is 0 Å². The number of benzene rings is 2. The number of fused-ring (bicyclic) bond motifs is 2. The molecule has 1 aliphatic rings. The van der Waals surface area contributed by atoms with Crippen molar-refractivity contribution in [3.8, 4) is 0 Å². The summed E-state index contributed by atoms with van der Waals surface area (Å²) in [6.07, 6.45) is 3.28. The standard InChI is InChI=1S/C18H19N3/c1-21-17-10-3-2-8-16(17)20-18(21)12-13-6-4-9-15-14(13)7-5-11-19-15/h2-4,6,8-10,19H,5,7,11-12H2,1H3. The van der Waals surface area contributed by atoms with Crippen LogP contribution >= 0.6 is 0 Å². The van der Waals surface area contributed by atoms with Gasteiger partial charge in [0.2, 0.25) is 0 Å². The topological polar surface area (TPSA) is 29.9 Å². The SMILES string of the molecule is Cn1c(Cc2cccc3c2CCCN3)nc2ccccc21. The van der Waals surface area contributed by atoms with Crippen LogP contribution in [-0.2, 0) is 19.9 Å². The molecule has 0 unspecified atom stereocenters. The van der Waals surface area contributed by atoms with Gasteiger partial charge in [-0.3, -0.25) is 0 Å². The molecule has 2 heterocycles. The zero-order valence-corrected chi connectivity index (χ0v) is 12.3. The Hall–Kier alpha value is -2.29. The highest BCUT2D eigenvalue weighted by atomic mass is 15.1. The zero-order valence-electron chi connectivity index (χ0n) is 12.3. The number of hydrogen-bond acceptors (Lipinski definition) is 2. The lowest BCUT2D eigenvalue weighted by Gasteiger charge is -2.20. The summed E-state index contributed by atoms with van der Waals surface area (Å²) in [5.41, 5.74) is 6.46. The second-order valence-corrected chi connectivity index (χ2v) is 5.73. The lowest BCUT2D eigenvalue weighted by atomic mass is 9.95. The molecule has 1 N–H and O–H groups in total. The first-order valence-corrected chi connectivity index (χ1v) is 7.58. The largest absolute Gasteiger partial charge is 0.385 e. The number of para-hydroxylation sites is 2. The summed E-state index contributed by atoms with van der Waals surface area (Å²) in [7, 11) is 2.11. The fraction of sp³-hybridized carbons (Fsp3) is 0.278. The summed E-state index contributed by atoms with van der Waals surface area (Å²) in [4.78, 5) is 4.80. The van der Waals surface area contributed by atoms with Gasteiger partial charge in [0, 0.05) is 25.7 Å². The molecule has 106 valence electrons. The van der Waals surface area contributed by atoms with Gasteiger partial charge in [0.05, 0.1) is 11.0 Å². The van der Waals surface area contributed by atoms with Crippen LogP contribution in [-0.4, -0.2) is 16.1 Å². The minimum Gasteiger partial charge on any atom is -0.385 e. The van der Waals surface area contributed by atoms with E-state index in [1.165, 1.54) is 35.2 Å². The number of nitrogens with zero attached hydrogens (tertiary/aromatic N) is 2. The summed E-state index contributed by atoms with van der Waals surface area (Å²) in [5.74, 6) is 1.13. The van der Waals surface area contributed by atoms with Crippen LogP contribution in [0.4, 0.5) is 5.69 Å². The van der Waals surface area contributed by atoms with Gasteiger partial charge in [0.25, 0.3) is 0 Å². The van der Waals surface area contributed by atoms with Crippen molar-refractivity contribution >= 4 is 16.7 Å². The number of rotatable bonds is 2. The Morgan fingerprint density at radius 1 is 1.14 bits per heavy atom. The fourth-order valence-corrected chi connectivity index (χ4v) is 3.27. The zero-order chi connectivity index (χ0) is 14.2. The highest BCUT2D eigenvalue weighted by Gasteiger charge is 2.15. The van der Waals surface area contributed by atoms with Crippen LogP contribution in [0.1, 0.15) is 23.4 Å². The van der Waals surface area contributed by atoms with Crippen LogP contribution in [0.15, 0.2) is 42.5 Å². The molecule has 3 aromatic rings. The minimum atomic E-state index is 0.899. The van der Waals surface area contributed by atoms with Crippen molar-refractivity contribution in [1.82, 2.24) is 9.55 Å². The van der Waals surface area contributed by atoms with Crippen LogP contribution in [0.2, 0.25) is 0 Å². The van der Waals surface area contributed by atoms with Crippen molar-refractivity contribution in [2.24, 2.45) is 7.05 Å². The molecule has 0 aliphatic carbocycles. The number of aryl methyl sites for hydroxylation is 1. The van der Waals surface area contributed by atoms with Gasteiger partial charge in [-0.1, -0.05) is 24.3 Å². The smallest absolute Gasteiger partial charge is 0.114 e. The molecule has 2 aromatic carbocycles. The molecule has 0 radical (unpaired) electrons. The first kappa shape index (κ1) is 12.5. The predicted octanol–water partition coefficient (Wildman–Crippen LogP) is 3.52. The second-order valence-electron chi connectivity index (χ2n) is 5.73. The molecule has 0 fully saturated rings. The van der Waals surface area contributed by atoms with E-state index in [0.717, 1.165) is 24.3 Å². The first-order chi connectivity index (χ1) is 10.3. The molecule has 21 heavy (non-hydrogen) atoms. The van der Waals surface area contributed by atoms with Gasteiger partial charge >= 0.3 is 0 Å². The van der Waals surface area contributed by atoms with Crippen molar-refractivity contribution in [3.63, 3.8) is 0 Å². The van der Waals surface area contributed by atoms with Crippen LogP contribution in [0.3, 0.4) is 0 Å². The maximum Gasteiger partial charge on any atom is 0.114 e. The molecule has 3 heteroatoms. The average Bonchev–Trinajstić information content (AvgIpc) is 2.85. The Bertz CT molecular complexity index is 801. The van der Waals surface area contributed by atoms with E-state index in [1.807, 2.05) is 6.07 Å². The van der Waals surface area contributed by atoms with Gasteiger partial charge in [-0.05, 0) is 42.2 Å². The summed E-state index contributed by atoms with van der Waals surface area (Å²) >= 11 is 0. The van der Waals surface area contributed by atoms with Crippen LogP contribution in [0.25, 0.3) is 11.0 Å². The molecule has 1 aromatic heterocycles. The Labute approximate surface area is 124 Å². The molecule has 0 bridgehead atoms. The van der Waals surface area contributed by atoms with Crippen molar-refractivity contribution in [2.45, 2.75) is 19.3 Å². The molecular formula is C18H19N3. The van der Waals surface area contributed by atoms with Crippen molar-refractivity contribution < 1.29 is 0 Å². The Morgan fingerprint density at radius 3 is 2.95 bits per heavy atom. The Morgan fingerprint density at radius 2 is 2.05 bits per heavy atom. The van der Waals surface area contributed by atoms with Crippen LogP contribution in [0, 0.1) is 0 Å². The van der Waals surface area contributed by atoms with Crippen LogP contribution in [0.5, 0.6) is 0 Å². The summed E-state index contributed by atoms with van der Waals surface area (Å²) < 4.78 is 2.21. The highest BCUT2D eigenvalue weighted by Crippen LogP contribution is 2.27. The van der Waals surface area contributed by atoms with E-state index < -0.39 is 0 Å². The maximum absolute atomic E-state index is 4.80. The fourth-order valence-electron chi connectivity index (χ4n) is 3.27. The average molecular weight is 277 g/mol. The lowest BCUT2D eigenvalue weighted by Crippen LogP contribution is -2.14. The molecule has 0 amide bonds. The van der Waals surface area contributed by atoms with E-state index in [-0.39, 0.29) is 0 Å². The summed E-state index contributed by atoms with van der Waals surface area (Å²) in [6.45, 7) is 1.09. The van der Waals surface area contributed by atoms with E-state index in [9.17, 15) is 0 Å². The van der Waals surface area contributed by atoms with Gasteiger partial charge in [0.15, 0.2) is 0 Å². The van der Waals surface area contributed by atoms with Crippen molar-refractivity contribution in [3.05, 3.63) is 59.4 Å². The summed E-state index contributed by atoms with van der Waals surface area (Å²) in [6, 6.07) is 14.9. The molecule has 3 nitrogen and oxygen atoms in total. The van der Waals surface area contributed by atoms with Gasteiger partial charge in [-0.25, -0.2) is 4.98 Å². The van der Waals surface area contributed by atoms with Crippen molar-refractivity contribution in [2.75, 3.05) is 11.9 Å². The molecule has 0 saturated heterocycles. The Kier molecular flexibility index (Phi) is 2.92. The minimum absolute atomic E-state index is 0.899. The number of imidazole rings is 1. The molecular weight excluding hydrogens is 258 g/mol. The number of anilines is 1. The van der Waals surface area contributed by atoms with Gasteiger partial charge in [-0.2, -0.15) is 0 Å². The van der Waals surface area contributed by atoms with E-state index >= 15 is 0 Å². The number of nitrogens with one attached hydrogen (secondary N) is 1. The number of hydrogen-bond donors (Lipinski definition) is 1. The van der Waals surface area contributed by atoms with E-state index in [4.69, 9.17) is 4.98 Å². The lowest BCUT2D eigenvalue weighted by molar-refractivity contribution is 0.800. The predicted molar refractivity (Wildman–Crippen MR) is 86.8 cm³/mol. The van der Waals surface area contributed by atoms with Gasteiger partial charge < -0.3 is 9.88 Å². The third kappa shape index (κ3) is 2.09. The molecule has 0 spiro atoms. The third-order valence-corrected chi connectivity index (χ3v) is 4.42. The van der Waals surface area contributed by atoms with E-state index in [1.54, 1.807) is 0 Å². The highest BCUT2D eigenvalue weighted by molar-refractivity contribution is 5.75. The van der Waals surface area contributed by atoms with E-state index in [2.05, 4.69) is 53.3 Å². The molecule has 0 atom stereocenters. The Balaban J connectivity index is 1.77. The van der Waals surface area contributed by atoms with Gasteiger partial charge in [-0.15, -0.1) is 0 Å². The maximum atomic E-state index is 4.80. The quantitative estimate of drug-likeness (QED) is 0.776. The second kappa shape index (κ2) is 4.92. The van der Waals surface area contributed by atoms with Crippen LogP contribution < -0.4 is 5.32 Å². The number of aromatic nitrogens is 2. The summed E-state index contributed by atoms with van der Waals surface area (Å²) in [5, 5.41) is 3.50. The molecule has 0 saturated carbocycles. The monoisotopic (exact) mass is 277 g/mol. The van der Waals surface area contributed by atoms with Gasteiger partial charge in [0.1, 0.15) is 5.82 Å². The molecule has 1 aliphatic heterocycles. The first-order valence-electron chi connectivity index (χ1n) is 7.58.